The van der Waals surface area contributed by atoms with Crippen molar-refractivity contribution in [2.75, 3.05) is 46.0 Å². The number of nitrogens with zero attached hydrogens (tertiary/aromatic N) is 3. The molecule has 1 aromatic heterocycles. The molecule has 32 heavy (non-hydrogen) atoms. The van der Waals surface area contributed by atoms with Gasteiger partial charge in [0, 0.05) is 55.4 Å². The zero-order valence-electron chi connectivity index (χ0n) is 18.8. The molecule has 2 saturated heterocycles. The summed E-state index contributed by atoms with van der Waals surface area (Å²) >= 11 is 6.18. The number of hydrogen-bond donors (Lipinski definition) is 0. The minimum absolute atomic E-state index is 0.201. The molecular weight excluding hydrogens is 426 g/mol. The molecule has 0 radical (unpaired) electrons. The van der Waals surface area contributed by atoms with E-state index in [-0.39, 0.29) is 11.3 Å². The highest BCUT2D eigenvalue weighted by molar-refractivity contribution is 6.31. The average molecular weight is 458 g/mol. The van der Waals surface area contributed by atoms with Crippen LogP contribution >= 0.6 is 11.6 Å². The van der Waals surface area contributed by atoms with Gasteiger partial charge >= 0.3 is 0 Å². The number of pyridine rings is 1. The van der Waals surface area contributed by atoms with Gasteiger partial charge in [-0.05, 0) is 61.7 Å². The fraction of sp³-hybridized carbons (Fsp3) is 0.520. The average Bonchev–Trinajstić information content (AvgIpc) is 2.81. The lowest BCUT2D eigenvalue weighted by molar-refractivity contribution is -0.139. The molecule has 3 heterocycles. The lowest BCUT2D eigenvalue weighted by atomic mass is 9.77. The summed E-state index contributed by atoms with van der Waals surface area (Å²) in [4.78, 5) is 21.8. The third kappa shape index (κ3) is 6.00. The Bertz CT molecular complexity index is 905. The number of likely N-dealkylation sites (tertiary alicyclic amines) is 1. The number of benzene rings is 1. The Kier molecular flexibility index (Phi) is 7.66. The van der Waals surface area contributed by atoms with Crippen molar-refractivity contribution in [2.45, 2.75) is 32.7 Å². The number of hydrogen-bond acceptors (Lipinski definition) is 5. The topological polar surface area (TPSA) is 54.9 Å². The minimum Gasteiger partial charge on any atom is -0.493 e. The van der Waals surface area contributed by atoms with Crippen LogP contribution in [0.25, 0.3) is 0 Å². The summed E-state index contributed by atoms with van der Waals surface area (Å²) in [6.45, 7) is 7.74. The zero-order valence-corrected chi connectivity index (χ0v) is 19.5. The van der Waals surface area contributed by atoms with Gasteiger partial charge in [-0.3, -0.25) is 14.7 Å². The molecule has 2 fully saturated rings. The molecule has 7 heteroatoms. The molecule has 1 amide bonds. The maximum absolute atomic E-state index is 13.2. The highest BCUT2D eigenvalue weighted by Gasteiger charge is 2.39. The van der Waals surface area contributed by atoms with Crippen molar-refractivity contribution in [3.8, 4) is 5.75 Å². The first kappa shape index (κ1) is 23.0. The molecule has 0 aliphatic carbocycles. The van der Waals surface area contributed by atoms with E-state index in [4.69, 9.17) is 21.1 Å². The van der Waals surface area contributed by atoms with E-state index < -0.39 is 0 Å². The first-order valence-corrected chi connectivity index (χ1v) is 11.8. The molecule has 0 N–H and O–H groups in total. The van der Waals surface area contributed by atoms with E-state index in [9.17, 15) is 4.79 Å². The number of halogens is 1. The summed E-state index contributed by atoms with van der Waals surface area (Å²) in [6, 6.07) is 9.82. The zero-order chi connectivity index (χ0) is 22.4. The molecule has 2 aliphatic rings. The van der Waals surface area contributed by atoms with E-state index in [0.717, 1.165) is 48.8 Å². The number of amides is 1. The fourth-order valence-electron chi connectivity index (χ4n) is 4.70. The largest absolute Gasteiger partial charge is 0.493 e. The minimum atomic E-state index is -0.233. The Balaban J connectivity index is 1.49. The fourth-order valence-corrected chi connectivity index (χ4v) is 4.81. The Morgan fingerprint density at radius 1 is 1.25 bits per heavy atom. The maximum Gasteiger partial charge on any atom is 0.223 e. The Morgan fingerprint density at radius 2 is 2.09 bits per heavy atom. The van der Waals surface area contributed by atoms with E-state index in [2.05, 4.69) is 16.0 Å². The van der Waals surface area contributed by atoms with Gasteiger partial charge in [-0.2, -0.15) is 0 Å². The Morgan fingerprint density at radius 3 is 2.84 bits per heavy atom. The normalized spacial score (nSPS) is 22.0. The van der Waals surface area contributed by atoms with Gasteiger partial charge in [0.15, 0.2) is 0 Å². The van der Waals surface area contributed by atoms with Crippen molar-refractivity contribution < 1.29 is 14.3 Å². The van der Waals surface area contributed by atoms with E-state index in [1.807, 2.05) is 42.3 Å². The molecule has 0 unspecified atom stereocenters. The van der Waals surface area contributed by atoms with Crippen LogP contribution in [0.15, 0.2) is 42.7 Å². The molecule has 1 atom stereocenters. The highest BCUT2D eigenvalue weighted by Crippen LogP contribution is 2.36. The van der Waals surface area contributed by atoms with E-state index in [1.165, 1.54) is 5.56 Å². The van der Waals surface area contributed by atoms with Gasteiger partial charge in [-0.1, -0.05) is 17.7 Å². The first-order chi connectivity index (χ1) is 15.5. The number of aryl methyl sites for hydroxylation is 1. The molecule has 4 rings (SSSR count). The molecule has 2 aliphatic heterocycles. The third-order valence-electron chi connectivity index (χ3n) is 6.43. The van der Waals surface area contributed by atoms with Crippen LogP contribution in [-0.4, -0.2) is 66.7 Å². The number of rotatable bonds is 7. The van der Waals surface area contributed by atoms with Crippen molar-refractivity contribution in [2.24, 2.45) is 5.41 Å². The quantitative estimate of drug-likeness (QED) is 0.630. The van der Waals surface area contributed by atoms with E-state index >= 15 is 0 Å². The van der Waals surface area contributed by atoms with Crippen molar-refractivity contribution >= 4 is 17.5 Å². The van der Waals surface area contributed by atoms with Gasteiger partial charge in [0.05, 0.1) is 19.8 Å². The summed E-state index contributed by atoms with van der Waals surface area (Å²) in [7, 11) is 0. The van der Waals surface area contributed by atoms with E-state index in [0.29, 0.717) is 39.3 Å². The summed E-state index contributed by atoms with van der Waals surface area (Å²) in [6.07, 6.45) is 6.22. The second-order valence-electron chi connectivity index (χ2n) is 9.05. The predicted octanol–water partition coefficient (Wildman–Crippen LogP) is 3.95. The molecule has 0 spiro atoms. The number of carbonyl (C=O) groups excluding carboxylic acids is 1. The van der Waals surface area contributed by atoms with Crippen molar-refractivity contribution in [1.82, 2.24) is 14.8 Å². The van der Waals surface area contributed by atoms with Crippen LogP contribution in [0.2, 0.25) is 5.02 Å². The lowest BCUT2D eigenvalue weighted by Gasteiger charge is -2.43. The standard InChI is InChI=1S/C25H32ClN3O3/c1-20-14-22(5-6-23(20)26)32-19-25(15-24(30)29-10-12-31-13-11-29)7-3-9-28(18-25)17-21-4-2-8-27-16-21/h2,4-6,8,14,16H,3,7,9-13,15,17-19H2,1H3/t25-/m0/s1. The molecule has 0 bridgehead atoms. The monoisotopic (exact) mass is 457 g/mol. The predicted molar refractivity (Wildman–Crippen MR) is 125 cm³/mol. The van der Waals surface area contributed by atoms with Crippen molar-refractivity contribution in [3.05, 3.63) is 58.9 Å². The third-order valence-corrected chi connectivity index (χ3v) is 6.86. The smallest absolute Gasteiger partial charge is 0.223 e. The van der Waals surface area contributed by atoms with Crippen molar-refractivity contribution in [3.63, 3.8) is 0 Å². The van der Waals surface area contributed by atoms with Crippen LogP contribution in [0, 0.1) is 12.3 Å². The number of morpholine rings is 1. The second-order valence-corrected chi connectivity index (χ2v) is 9.45. The van der Waals surface area contributed by atoms with Gasteiger partial charge in [0.25, 0.3) is 0 Å². The van der Waals surface area contributed by atoms with Crippen molar-refractivity contribution in [1.29, 1.82) is 0 Å². The van der Waals surface area contributed by atoms with Crippen LogP contribution in [0.5, 0.6) is 5.75 Å². The molecule has 2 aromatic rings. The summed E-state index contributed by atoms with van der Waals surface area (Å²) in [5.74, 6) is 1.00. The number of ether oxygens (including phenoxy) is 2. The summed E-state index contributed by atoms with van der Waals surface area (Å²) < 4.78 is 11.7. The summed E-state index contributed by atoms with van der Waals surface area (Å²) in [5.41, 5.74) is 1.95. The Hall–Kier alpha value is -2.15. The van der Waals surface area contributed by atoms with Crippen LogP contribution in [0.1, 0.15) is 30.4 Å². The Labute approximate surface area is 195 Å². The van der Waals surface area contributed by atoms with Crippen LogP contribution in [0.3, 0.4) is 0 Å². The summed E-state index contributed by atoms with van der Waals surface area (Å²) in [5, 5.41) is 0.731. The number of piperidine rings is 1. The molecule has 172 valence electrons. The number of aromatic nitrogens is 1. The first-order valence-electron chi connectivity index (χ1n) is 11.4. The highest BCUT2D eigenvalue weighted by atomic mass is 35.5. The molecule has 6 nitrogen and oxygen atoms in total. The van der Waals surface area contributed by atoms with Gasteiger partial charge in [-0.25, -0.2) is 0 Å². The molecule has 0 saturated carbocycles. The van der Waals surface area contributed by atoms with E-state index in [1.54, 1.807) is 6.20 Å². The maximum atomic E-state index is 13.2. The van der Waals surface area contributed by atoms with Gasteiger partial charge in [0.1, 0.15) is 5.75 Å². The number of carbonyl (C=O) groups is 1. The van der Waals surface area contributed by atoms with Gasteiger partial charge in [-0.15, -0.1) is 0 Å². The van der Waals surface area contributed by atoms with Gasteiger partial charge in [0.2, 0.25) is 5.91 Å². The SMILES string of the molecule is Cc1cc(OC[C@]2(CC(=O)N3CCOCC3)CCCN(Cc3cccnc3)C2)ccc1Cl. The van der Waals surface area contributed by atoms with Crippen LogP contribution < -0.4 is 4.74 Å². The van der Waals surface area contributed by atoms with Gasteiger partial charge < -0.3 is 14.4 Å². The molecular formula is C25H32ClN3O3. The second kappa shape index (κ2) is 10.6. The van der Waals surface area contributed by atoms with Crippen LogP contribution in [0.4, 0.5) is 0 Å². The van der Waals surface area contributed by atoms with Crippen LogP contribution in [-0.2, 0) is 16.1 Å². The lowest BCUT2D eigenvalue weighted by Crippen LogP contribution is -2.50. The molecule has 1 aromatic carbocycles.